The van der Waals surface area contributed by atoms with Crippen LogP contribution >= 0.6 is 11.6 Å². The topological polar surface area (TPSA) is 55.2 Å². The molecule has 2 aromatic heterocycles. The third-order valence-corrected chi connectivity index (χ3v) is 2.35. The average molecular weight is 251 g/mol. The molecule has 0 bridgehead atoms. The van der Waals surface area contributed by atoms with E-state index in [1.165, 1.54) is 6.20 Å². The molecule has 17 heavy (non-hydrogen) atoms. The van der Waals surface area contributed by atoms with Gasteiger partial charge in [-0.3, -0.25) is 4.98 Å². The number of halogens is 1. The molecule has 2 aromatic rings. The minimum atomic E-state index is -0.558. The first-order valence-electron chi connectivity index (χ1n) is 5.07. The van der Waals surface area contributed by atoms with E-state index in [1.54, 1.807) is 37.5 Å². The number of nitrogens with zero attached hydrogens (tertiary/aromatic N) is 2. The molecular weight excluding hydrogens is 240 g/mol. The van der Waals surface area contributed by atoms with Gasteiger partial charge in [-0.2, -0.15) is 0 Å². The number of hydrogen-bond donors (Lipinski definition) is 1. The van der Waals surface area contributed by atoms with E-state index in [1.807, 2.05) is 0 Å². The number of aromatic nitrogens is 2. The first-order chi connectivity index (χ1) is 8.15. The molecular formula is C12H11ClN2O2. The molecule has 0 aliphatic heterocycles. The summed E-state index contributed by atoms with van der Waals surface area (Å²) < 4.78 is 5.48. The van der Waals surface area contributed by atoms with E-state index in [9.17, 15) is 5.11 Å². The minimum absolute atomic E-state index is 0.396. The van der Waals surface area contributed by atoms with E-state index < -0.39 is 6.10 Å². The highest BCUT2D eigenvalue weighted by molar-refractivity contribution is 6.30. The van der Waals surface area contributed by atoms with Gasteiger partial charge < -0.3 is 9.84 Å². The maximum Gasteiger partial charge on any atom is 0.219 e. The summed E-state index contributed by atoms with van der Waals surface area (Å²) in [4.78, 5) is 7.95. The summed E-state index contributed by atoms with van der Waals surface area (Å²) in [6.45, 7) is 1.68. The van der Waals surface area contributed by atoms with Crippen LogP contribution in [0, 0.1) is 0 Å². The molecule has 88 valence electrons. The van der Waals surface area contributed by atoms with Crippen molar-refractivity contribution in [2.75, 3.05) is 0 Å². The Morgan fingerprint density at radius 2 is 2.18 bits per heavy atom. The Bertz CT molecular complexity index is 517. The van der Waals surface area contributed by atoms with Crippen molar-refractivity contribution in [1.29, 1.82) is 0 Å². The smallest absolute Gasteiger partial charge is 0.219 e. The van der Waals surface area contributed by atoms with Gasteiger partial charge in [0.1, 0.15) is 5.75 Å². The molecule has 0 radical (unpaired) electrons. The van der Waals surface area contributed by atoms with Crippen LogP contribution in [0.25, 0.3) is 0 Å². The number of hydrogen-bond acceptors (Lipinski definition) is 4. The fraction of sp³-hybridized carbons (Fsp3) is 0.167. The Morgan fingerprint density at radius 1 is 1.35 bits per heavy atom. The SMILES string of the molecule is C[C@@H](O)c1ccnc(Oc2cncc(Cl)c2)c1. The second-order valence-corrected chi connectivity index (χ2v) is 3.98. The summed E-state index contributed by atoms with van der Waals surface area (Å²) in [5.41, 5.74) is 0.741. The first-order valence-corrected chi connectivity index (χ1v) is 5.45. The molecule has 0 aliphatic rings. The standard InChI is InChI=1S/C12H11ClN2O2/c1-8(16)9-2-3-15-12(4-9)17-11-5-10(13)6-14-7-11/h2-8,16H,1H3/t8-/m1/s1. The number of aliphatic hydroxyl groups excluding tert-OH is 1. The van der Waals surface area contributed by atoms with Crippen molar-refractivity contribution in [3.8, 4) is 11.6 Å². The highest BCUT2D eigenvalue weighted by Crippen LogP contribution is 2.23. The minimum Gasteiger partial charge on any atom is -0.437 e. The van der Waals surface area contributed by atoms with Crippen molar-refractivity contribution in [3.05, 3.63) is 47.4 Å². The third kappa shape index (κ3) is 3.15. The van der Waals surface area contributed by atoms with E-state index >= 15 is 0 Å². The lowest BCUT2D eigenvalue weighted by Gasteiger charge is -2.07. The van der Waals surface area contributed by atoms with Gasteiger partial charge in [0.15, 0.2) is 0 Å². The Hall–Kier alpha value is -1.65. The zero-order valence-electron chi connectivity index (χ0n) is 9.17. The molecule has 0 amide bonds. The predicted molar refractivity (Wildman–Crippen MR) is 64.2 cm³/mol. The quantitative estimate of drug-likeness (QED) is 0.910. The molecule has 4 nitrogen and oxygen atoms in total. The molecule has 1 atom stereocenters. The van der Waals surface area contributed by atoms with Crippen LogP contribution in [-0.4, -0.2) is 15.1 Å². The molecule has 2 heterocycles. The first kappa shape index (κ1) is 11.8. The molecule has 0 unspecified atom stereocenters. The van der Waals surface area contributed by atoms with E-state index in [0.29, 0.717) is 16.7 Å². The van der Waals surface area contributed by atoms with Gasteiger partial charge in [-0.1, -0.05) is 11.6 Å². The molecule has 0 saturated heterocycles. The number of ether oxygens (including phenoxy) is 1. The maximum atomic E-state index is 9.44. The molecule has 0 spiro atoms. The fourth-order valence-electron chi connectivity index (χ4n) is 1.31. The van der Waals surface area contributed by atoms with Gasteiger partial charge in [0.05, 0.1) is 17.3 Å². The Morgan fingerprint density at radius 3 is 2.88 bits per heavy atom. The van der Waals surface area contributed by atoms with Crippen LogP contribution in [0.15, 0.2) is 36.8 Å². The van der Waals surface area contributed by atoms with Gasteiger partial charge in [-0.25, -0.2) is 4.98 Å². The highest BCUT2D eigenvalue weighted by Gasteiger charge is 2.04. The lowest BCUT2D eigenvalue weighted by Crippen LogP contribution is -1.94. The molecule has 0 saturated carbocycles. The van der Waals surface area contributed by atoms with Crippen molar-refractivity contribution >= 4 is 11.6 Å². The molecule has 0 aromatic carbocycles. The van der Waals surface area contributed by atoms with Crippen molar-refractivity contribution in [2.45, 2.75) is 13.0 Å². The van der Waals surface area contributed by atoms with Crippen LogP contribution in [0.1, 0.15) is 18.6 Å². The average Bonchev–Trinajstić information content (AvgIpc) is 2.29. The zero-order chi connectivity index (χ0) is 12.3. The van der Waals surface area contributed by atoms with Gasteiger partial charge in [-0.15, -0.1) is 0 Å². The van der Waals surface area contributed by atoms with Crippen LogP contribution in [-0.2, 0) is 0 Å². The normalized spacial score (nSPS) is 12.2. The van der Waals surface area contributed by atoms with Crippen molar-refractivity contribution < 1.29 is 9.84 Å². The largest absolute Gasteiger partial charge is 0.437 e. The van der Waals surface area contributed by atoms with Gasteiger partial charge in [-0.05, 0) is 18.6 Å². The van der Waals surface area contributed by atoms with Crippen molar-refractivity contribution in [3.63, 3.8) is 0 Å². The lowest BCUT2D eigenvalue weighted by atomic mass is 10.2. The Balaban J connectivity index is 2.21. The maximum absolute atomic E-state index is 9.44. The number of aliphatic hydroxyl groups is 1. The van der Waals surface area contributed by atoms with E-state index in [-0.39, 0.29) is 0 Å². The highest BCUT2D eigenvalue weighted by atomic mass is 35.5. The summed E-state index contributed by atoms with van der Waals surface area (Å²) in [7, 11) is 0. The van der Waals surface area contributed by atoms with Gasteiger partial charge in [0.25, 0.3) is 0 Å². The second kappa shape index (κ2) is 5.12. The van der Waals surface area contributed by atoms with Gasteiger partial charge in [0.2, 0.25) is 5.88 Å². The van der Waals surface area contributed by atoms with E-state index in [4.69, 9.17) is 16.3 Å². The number of pyridine rings is 2. The van der Waals surface area contributed by atoms with E-state index in [2.05, 4.69) is 9.97 Å². The third-order valence-electron chi connectivity index (χ3n) is 2.14. The monoisotopic (exact) mass is 250 g/mol. The summed E-state index contributed by atoms with van der Waals surface area (Å²) in [6, 6.07) is 5.05. The fourth-order valence-corrected chi connectivity index (χ4v) is 1.47. The van der Waals surface area contributed by atoms with Crippen LogP contribution in [0.2, 0.25) is 5.02 Å². The van der Waals surface area contributed by atoms with E-state index in [0.717, 1.165) is 5.56 Å². The molecule has 5 heteroatoms. The second-order valence-electron chi connectivity index (χ2n) is 3.54. The van der Waals surface area contributed by atoms with Gasteiger partial charge >= 0.3 is 0 Å². The van der Waals surface area contributed by atoms with Gasteiger partial charge in [0, 0.05) is 24.5 Å². The van der Waals surface area contributed by atoms with Crippen molar-refractivity contribution in [1.82, 2.24) is 9.97 Å². The lowest BCUT2D eigenvalue weighted by molar-refractivity contribution is 0.198. The summed E-state index contributed by atoms with van der Waals surface area (Å²) >= 11 is 5.79. The molecule has 1 N–H and O–H groups in total. The van der Waals surface area contributed by atoms with Crippen LogP contribution in [0.5, 0.6) is 11.6 Å². The number of rotatable bonds is 3. The molecule has 0 fully saturated rings. The summed E-state index contributed by atoms with van der Waals surface area (Å²) in [6.07, 6.45) is 4.09. The zero-order valence-corrected chi connectivity index (χ0v) is 9.93. The Labute approximate surface area is 104 Å². The molecule has 0 aliphatic carbocycles. The van der Waals surface area contributed by atoms with Crippen molar-refractivity contribution in [2.24, 2.45) is 0 Å². The summed E-state index contributed by atoms with van der Waals surface area (Å²) in [5, 5.41) is 9.94. The predicted octanol–water partition coefficient (Wildman–Crippen LogP) is 2.98. The van der Waals surface area contributed by atoms with Crippen LogP contribution in [0.4, 0.5) is 0 Å². The van der Waals surface area contributed by atoms with Crippen LogP contribution < -0.4 is 4.74 Å². The molecule has 2 rings (SSSR count). The summed E-state index contributed by atoms with van der Waals surface area (Å²) in [5.74, 6) is 0.903. The Kier molecular flexibility index (Phi) is 3.56. The van der Waals surface area contributed by atoms with Crippen LogP contribution in [0.3, 0.4) is 0 Å².